The van der Waals surface area contributed by atoms with Gasteiger partial charge in [-0.2, -0.15) is 0 Å². The third-order valence-corrected chi connectivity index (χ3v) is 6.39. The lowest BCUT2D eigenvalue weighted by Gasteiger charge is -2.27. The number of halogens is 3. The molecular formula is C26H25ClF2N4O4. The van der Waals surface area contributed by atoms with Crippen molar-refractivity contribution < 1.29 is 18.6 Å². The van der Waals surface area contributed by atoms with Crippen molar-refractivity contribution in [3.63, 3.8) is 0 Å². The number of pyridine rings is 3. The number of nitrogens with zero attached hydrogens (tertiary/aromatic N) is 4. The summed E-state index contributed by atoms with van der Waals surface area (Å²) in [6.07, 6.45) is 5.72. The van der Waals surface area contributed by atoms with E-state index in [1.807, 2.05) is 6.92 Å². The highest BCUT2D eigenvalue weighted by Gasteiger charge is 2.27. The van der Waals surface area contributed by atoms with E-state index in [-0.39, 0.29) is 34.6 Å². The Hall–Kier alpha value is -3.63. The SMILES string of the molecule is Cc1cc(OCc2ncc(F)cc2F)c(Cl)c(=O)n1[C@H]1C=C(n2cccc(C(C)(C)O)c2=O)N=CC1C. The number of aromatic nitrogens is 3. The number of hydrogen-bond donors (Lipinski definition) is 1. The minimum atomic E-state index is -1.35. The highest BCUT2D eigenvalue weighted by atomic mass is 35.5. The monoisotopic (exact) mass is 530 g/mol. The molecule has 2 atom stereocenters. The van der Waals surface area contributed by atoms with Crippen LogP contribution in [-0.4, -0.2) is 25.4 Å². The van der Waals surface area contributed by atoms with Crippen LogP contribution in [-0.2, 0) is 12.2 Å². The first-order chi connectivity index (χ1) is 17.4. The summed E-state index contributed by atoms with van der Waals surface area (Å²) in [4.78, 5) is 34.4. The van der Waals surface area contributed by atoms with E-state index in [0.29, 0.717) is 17.6 Å². The molecule has 3 aromatic rings. The number of rotatable bonds is 6. The van der Waals surface area contributed by atoms with Gasteiger partial charge in [0.25, 0.3) is 11.1 Å². The lowest BCUT2D eigenvalue weighted by molar-refractivity contribution is 0.0768. The predicted molar refractivity (Wildman–Crippen MR) is 136 cm³/mol. The van der Waals surface area contributed by atoms with Gasteiger partial charge in [0.1, 0.15) is 34.7 Å². The standard InChI is InChI=1S/C26H25ClF2N4O4/c1-14-11-31-22(32-7-5-6-17(24(32)34)26(3,4)36)10-20(14)33-15(2)8-21(23(27)25(33)35)37-13-19-18(29)9-16(28)12-30-19/h5-12,14,20,36H,13H2,1-4H3/t14?,20-/m0/s1. The van der Waals surface area contributed by atoms with E-state index in [0.717, 1.165) is 6.20 Å². The molecule has 0 radical (unpaired) electrons. The van der Waals surface area contributed by atoms with Crippen LogP contribution in [0.3, 0.4) is 0 Å². The molecule has 0 aliphatic carbocycles. The molecule has 194 valence electrons. The van der Waals surface area contributed by atoms with Gasteiger partial charge >= 0.3 is 0 Å². The van der Waals surface area contributed by atoms with E-state index >= 15 is 0 Å². The highest BCUT2D eigenvalue weighted by molar-refractivity contribution is 6.31. The smallest absolute Gasteiger partial charge is 0.273 e. The molecule has 0 bridgehead atoms. The predicted octanol–water partition coefficient (Wildman–Crippen LogP) is 4.21. The van der Waals surface area contributed by atoms with Gasteiger partial charge < -0.3 is 14.4 Å². The first-order valence-electron chi connectivity index (χ1n) is 11.4. The number of aryl methyl sites for hydroxylation is 1. The molecule has 0 aromatic carbocycles. The topological polar surface area (TPSA) is 98.7 Å². The van der Waals surface area contributed by atoms with Crippen LogP contribution < -0.4 is 15.9 Å². The third kappa shape index (κ3) is 5.26. The number of aliphatic hydroxyl groups is 1. The van der Waals surface area contributed by atoms with Crippen LogP contribution in [0.15, 0.2) is 57.3 Å². The summed E-state index contributed by atoms with van der Waals surface area (Å²) in [6.45, 7) is 6.24. The second kappa shape index (κ2) is 10.0. The zero-order valence-electron chi connectivity index (χ0n) is 20.6. The number of hydrogen-bond acceptors (Lipinski definition) is 6. The van der Waals surface area contributed by atoms with Crippen molar-refractivity contribution in [2.45, 2.75) is 45.9 Å². The first kappa shape index (κ1) is 26.4. The summed E-state index contributed by atoms with van der Waals surface area (Å²) in [7, 11) is 0. The minimum Gasteiger partial charge on any atom is -0.485 e. The molecular weight excluding hydrogens is 506 g/mol. The largest absolute Gasteiger partial charge is 0.485 e. The molecule has 8 nitrogen and oxygen atoms in total. The second-order valence-electron chi connectivity index (χ2n) is 9.32. The van der Waals surface area contributed by atoms with E-state index in [2.05, 4.69) is 9.98 Å². The van der Waals surface area contributed by atoms with Gasteiger partial charge in [0.05, 0.1) is 17.8 Å². The minimum absolute atomic E-state index is 0.0290. The zero-order valence-corrected chi connectivity index (χ0v) is 21.3. The van der Waals surface area contributed by atoms with E-state index in [1.165, 1.54) is 35.2 Å². The molecule has 1 unspecified atom stereocenters. The summed E-state index contributed by atoms with van der Waals surface area (Å²) in [5.74, 6) is -1.60. The molecule has 1 N–H and O–H groups in total. The Labute approximate surface area is 216 Å². The molecule has 0 fully saturated rings. The van der Waals surface area contributed by atoms with Gasteiger partial charge in [-0.05, 0) is 39.0 Å². The van der Waals surface area contributed by atoms with E-state index in [9.17, 15) is 23.5 Å². The Morgan fingerprint density at radius 1 is 1.22 bits per heavy atom. The Morgan fingerprint density at radius 2 is 1.95 bits per heavy atom. The van der Waals surface area contributed by atoms with E-state index < -0.39 is 34.4 Å². The Balaban J connectivity index is 1.70. The highest BCUT2D eigenvalue weighted by Crippen LogP contribution is 2.30. The van der Waals surface area contributed by atoms with Gasteiger partial charge in [-0.1, -0.05) is 18.5 Å². The lowest BCUT2D eigenvalue weighted by atomic mass is 9.99. The van der Waals surface area contributed by atoms with Gasteiger partial charge in [0, 0.05) is 41.7 Å². The molecule has 0 saturated heterocycles. The summed E-state index contributed by atoms with van der Waals surface area (Å²) >= 11 is 6.35. The number of aliphatic imine (C=N–C) groups is 1. The van der Waals surface area contributed by atoms with Gasteiger partial charge in [0.15, 0.2) is 5.82 Å². The number of allylic oxidation sites excluding steroid dienone is 1. The molecule has 0 amide bonds. The normalized spacial score (nSPS) is 17.6. The van der Waals surface area contributed by atoms with Crippen molar-refractivity contribution >= 4 is 23.6 Å². The van der Waals surface area contributed by atoms with Crippen LogP contribution >= 0.6 is 11.6 Å². The van der Waals surface area contributed by atoms with E-state index in [1.54, 1.807) is 31.3 Å². The fraction of sp³-hybridized carbons (Fsp3) is 0.308. The van der Waals surface area contributed by atoms with Crippen molar-refractivity contribution in [3.8, 4) is 5.75 Å². The quantitative estimate of drug-likeness (QED) is 0.515. The lowest BCUT2D eigenvalue weighted by Crippen LogP contribution is -2.34. The Kier molecular flexibility index (Phi) is 7.16. The van der Waals surface area contributed by atoms with Crippen LogP contribution in [0.2, 0.25) is 5.02 Å². The number of ether oxygens (including phenoxy) is 1. The van der Waals surface area contributed by atoms with E-state index in [4.69, 9.17) is 16.3 Å². The molecule has 4 rings (SSSR count). The van der Waals surface area contributed by atoms with Gasteiger partial charge in [-0.15, -0.1) is 0 Å². The van der Waals surface area contributed by atoms with Crippen LogP contribution in [0.25, 0.3) is 5.82 Å². The Bertz CT molecular complexity index is 1540. The molecule has 0 spiro atoms. The van der Waals surface area contributed by atoms with Gasteiger partial charge in [-0.3, -0.25) is 19.1 Å². The fourth-order valence-corrected chi connectivity index (χ4v) is 4.29. The van der Waals surface area contributed by atoms with Crippen molar-refractivity contribution in [1.82, 2.24) is 14.1 Å². The Morgan fingerprint density at radius 3 is 2.62 bits per heavy atom. The van der Waals surface area contributed by atoms with Crippen molar-refractivity contribution in [2.75, 3.05) is 0 Å². The third-order valence-electron chi connectivity index (χ3n) is 6.04. The van der Waals surface area contributed by atoms with Crippen LogP contribution in [0.4, 0.5) is 8.78 Å². The second-order valence-corrected chi connectivity index (χ2v) is 9.70. The van der Waals surface area contributed by atoms with Crippen LogP contribution in [0.1, 0.15) is 43.8 Å². The molecule has 1 aliphatic heterocycles. The molecule has 4 heterocycles. The van der Waals surface area contributed by atoms with Gasteiger partial charge in [-0.25, -0.2) is 13.8 Å². The maximum atomic E-state index is 13.9. The zero-order chi connectivity index (χ0) is 27.1. The molecule has 0 saturated carbocycles. The maximum Gasteiger partial charge on any atom is 0.273 e. The summed E-state index contributed by atoms with van der Waals surface area (Å²) < 4.78 is 35.4. The average molecular weight is 531 g/mol. The summed E-state index contributed by atoms with van der Waals surface area (Å²) in [6, 6.07) is 4.87. The average Bonchev–Trinajstić information content (AvgIpc) is 2.82. The fourth-order valence-electron chi connectivity index (χ4n) is 4.09. The van der Waals surface area contributed by atoms with Crippen LogP contribution in [0, 0.1) is 24.5 Å². The maximum absolute atomic E-state index is 13.9. The molecule has 3 aromatic heterocycles. The van der Waals surface area contributed by atoms with Crippen LogP contribution in [0.5, 0.6) is 5.75 Å². The van der Waals surface area contributed by atoms with Crippen molar-refractivity contribution in [2.24, 2.45) is 10.9 Å². The van der Waals surface area contributed by atoms with Crippen molar-refractivity contribution in [3.05, 3.63) is 97.1 Å². The first-order valence-corrected chi connectivity index (χ1v) is 11.8. The summed E-state index contributed by atoms with van der Waals surface area (Å²) in [5, 5.41) is 10.1. The summed E-state index contributed by atoms with van der Waals surface area (Å²) in [5.41, 5.74) is -1.77. The molecule has 1 aliphatic rings. The van der Waals surface area contributed by atoms with Gasteiger partial charge in [0.2, 0.25) is 0 Å². The molecule has 11 heteroatoms. The molecule has 37 heavy (non-hydrogen) atoms. The van der Waals surface area contributed by atoms with Crippen molar-refractivity contribution in [1.29, 1.82) is 0 Å².